The molecule has 1 aromatic carbocycles. The van der Waals surface area contributed by atoms with Crippen LogP contribution in [0.3, 0.4) is 0 Å². The average molecular weight is 204 g/mol. The number of thiazole rings is 1. The maximum atomic E-state index is 9.00. The molecule has 14 heavy (non-hydrogen) atoms. The zero-order chi connectivity index (χ0) is 9.54. The molecular weight excluding hydrogens is 196 g/mol. The van der Waals surface area contributed by atoms with Gasteiger partial charge in [0.25, 0.3) is 0 Å². The van der Waals surface area contributed by atoms with Crippen molar-refractivity contribution < 1.29 is 5.11 Å². The van der Waals surface area contributed by atoms with Gasteiger partial charge in [-0.3, -0.25) is 4.40 Å². The fourth-order valence-electron chi connectivity index (χ4n) is 1.58. The lowest BCUT2D eigenvalue weighted by atomic mass is 10.2. The molecular formula is C10H8N2OS. The molecule has 0 fully saturated rings. The molecule has 0 amide bonds. The van der Waals surface area contributed by atoms with Gasteiger partial charge in [0.2, 0.25) is 0 Å². The molecule has 0 saturated heterocycles. The first-order valence-electron chi connectivity index (χ1n) is 4.34. The van der Waals surface area contributed by atoms with Crippen LogP contribution in [0, 0.1) is 0 Å². The molecule has 0 aliphatic rings. The van der Waals surface area contributed by atoms with E-state index >= 15 is 0 Å². The summed E-state index contributed by atoms with van der Waals surface area (Å²) in [5, 5.41) is 9.00. The SMILES string of the molecule is OCc1ccc2c(c1)sc1nccn12. The van der Waals surface area contributed by atoms with Gasteiger partial charge in [0.05, 0.1) is 16.8 Å². The third-order valence-corrected chi connectivity index (χ3v) is 3.31. The minimum absolute atomic E-state index is 0.0934. The van der Waals surface area contributed by atoms with Gasteiger partial charge in [-0.25, -0.2) is 4.98 Å². The quantitative estimate of drug-likeness (QED) is 0.658. The van der Waals surface area contributed by atoms with E-state index in [4.69, 9.17) is 5.11 Å². The van der Waals surface area contributed by atoms with E-state index in [1.165, 1.54) is 4.70 Å². The van der Waals surface area contributed by atoms with Crippen molar-refractivity contribution in [1.82, 2.24) is 9.38 Å². The lowest BCUT2D eigenvalue weighted by molar-refractivity contribution is 0.282. The number of fused-ring (bicyclic) bond motifs is 3. The number of nitrogens with zero attached hydrogens (tertiary/aromatic N) is 2. The molecule has 3 nitrogen and oxygen atoms in total. The standard InChI is InChI=1S/C10H8N2OS/c13-6-7-1-2-8-9(5-7)14-10-11-3-4-12(8)10/h1-5,13H,6H2. The van der Waals surface area contributed by atoms with Crippen molar-refractivity contribution in [2.45, 2.75) is 6.61 Å². The number of imidazole rings is 1. The predicted molar refractivity (Wildman–Crippen MR) is 56.5 cm³/mol. The topological polar surface area (TPSA) is 37.5 Å². The fourth-order valence-corrected chi connectivity index (χ4v) is 2.63. The van der Waals surface area contributed by atoms with Crippen LogP contribution in [0.4, 0.5) is 0 Å². The first-order chi connectivity index (χ1) is 6.88. The molecule has 1 N–H and O–H groups in total. The molecule has 0 radical (unpaired) electrons. The monoisotopic (exact) mass is 204 g/mol. The zero-order valence-corrected chi connectivity index (χ0v) is 8.16. The van der Waals surface area contributed by atoms with Crippen molar-refractivity contribution in [3.8, 4) is 0 Å². The summed E-state index contributed by atoms with van der Waals surface area (Å²) in [5.74, 6) is 0. The molecule has 2 aromatic heterocycles. The molecule has 0 atom stereocenters. The molecule has 3 aromatic rings. The number of aromatic nitrogens is 2. The Morgan fingerprint density at radius 2 is 2.36 bits per heavy atom. The number of hydrogen-bond acceptors (Lipinski definition) is 3. The third kappa shape index (κ3) is 0.981. The van der Waals surface area contributed by atoms with Gasteiger partial charge in [-0.05, 0) is 17.7 Å². The van der Waals surface area contributed by atoms with E-state index in [2.05, 4.69) is 9.38 Å². The normalized spacial score (nSPS) is 11.5. The Bertz CT molecular complexity index is 596. The van der Waals surface area contributed by atoms with E-state index in [9.17, 15) is 0 Å². The highest BCUT2D eigenvalue weighted by Gasteiger charge is 2.04. The molecule has 70 valence electrons. The van der Waals surface area contributed by atoms with Crippen LogP contribution in [0.2, 0.25) is 0 Å². The van der Waals surface area contributed by atoms with E-state index in [0.717, 1.165) is 16.0 Å². The van der Waals surface area contributed by atoms with E-state index in [1.54, 1.807) is 17.5 Å². The van der Waals surface area contributed by atoms with E-state index in [0.29, 0.717) is 0 Å². The number of rotatable bonds is 1. The summed E-state index contributed by atoms with van der Waals surface area (Å²) in [6, 6.07) is 5.97. The summed E-state index contributed by atoms with van der Waals surface area (Å²) < 4.78 is 3.22. The van der Waals surface area contributed by atoms with Crippen LogP contribution in [0.5, 0.6) is 0 Å². The van der Waals surface area contributed by atoms with Gasteiger partial charge in [-0.2, -0.15) is 0 Å². The summed E-state index contributed by atoms with van der Waals surface area (Å²) in [5.41, 5.74) is 2.10. The molecule has 3 rings (SSSR count). The lowest BCUT2D eigenvalue weighted by Gasteiger charge is -1.95. The van der Waals surface area contributed by atoms with Gasteiger partial charge in [0, 0.05) is 12.4 Å². The molecule has 2 heterocycles. The van der Waals surface area contributed by atoms with Crippen LogP contribution in [0.25, 0.3) is 15.2 Å². The molecule has 0 aliphatic carbocycles. The molecule has 0 aliphatic heterocycles. The van der Waals surface area contributed by atoms with Crippen LogP contribution in [-0.2, 0) is 6.61 Å². The molecule has 0 unspecified atom stereocenters. The maximum absolute atomic E-state index is 9.00. The van der Waals surface area contributed by atoms with Crippen molar-refractivity contribution in [1.29, 1.82) is 0 Å². The second-order valence-electron chi connectivity index (χ2n) is 3.14. The minimum atomic E-state index is 0.0934. The average Bonchev–Trinajstić information content (AvgIpc) is 2.75. The first kappa shape index (κ1) is 7.96. The van der Waals surface area contributed by atoms with Gasteiger partial charge in [-0.15, -0.1) is 0 Å². The lowest BCUT2D eigenvalue weighted by Crippen LogP contribution is -1.82. The predicted octanol–water partition coefficient (Wildman–Crippen LogP) is 2.04. The Balaban J connectivity index is 2.43. The van der Waals surface area contributed by atoms with Crippen molar-refractivity contribution >= 4 is 26.5 Å². The molecule has 4 heteroatoms. The number of hydrogen-bond donors (Lipinski definition) is 1. The maximum Gasteiger partial charge on any atom is 0.194 e. The van der Waals surface area contributed by atoms with Crippen molar-refractivity contribution in [3.63, 3.8) is 0 Å². The third-order valence-electron chi connectivity index (χ3n) is 2.27. The van der Waals surface area contributed by atoms with Crippen LogP contribution >= 0.6 is 11.3 Å². The highest BCUT2D eigenvalue weighted by atomic mass is 32.1. The van der Waals surface area contributed by atoms with Gasteiger partial charge in [-0.1, -0.05) is 17.4 Å². The minimum Gasteiger partial charge on any atom is -0.392 e. The summed E-state index contributed by atoms with van der Waals surface area (Å²) in [6.07, 6.45) is 3.75. The summed E-state index contributed by atoms with van der Waals surface area (Å²) in [4.78, 5) is 5.23. The summed E-state index contributed by atoms with van der Waals surface area (Å²) >= 11 is 1.64. The number of aliphatic hydroxyl groups is 1. The highest BCUT2D eigenvalue weighted by molar-refractivity contribution is 7.23. The summed E-state index contributed by atoms with van der Waals surface area (Å²) in [7, 11) is 0. The first-order valence-corrected chi connectivity index (χ1v) is 5.15. The summed E-state index contributed by atoms with van der Waals surface area (Å²) in [6.45, 7) is 0.0934. The molecule has 0 bridgehead atoms. The zero-order valence-electron chi connectivity index (χ0n) is 7.34. The smallest absolute Gasteiger partial charge is 0.194 e. The van der Waals surface area contributed by atoms with Gasteiger partial charge < -0.3 is 5.11 Å². The Kier molecular flexibility index (Phi) is 1.59. The molecule has 0 saturated carbocycles. The number of benzene rings is 1. The van der Waals surface area contributed by atoms with Crippen LogP contribution < -0.4 is 0 Å². The van der Waals surface area contributed by atoms with Gasteiger partial charge in [0.15, 0.2) is 4.96 Å². The van der Waals surface area contributed by atoms with E-state index < -0.39 is 0 Å². The Hall–Kier alpha value is -1.39. The number of aliphatic hydroxyl groups excluding tert-OH is 1. The Labute approximate surface area is 84.3 Å². The van der Waals surface area contributed by atoms with Crippen molar-refractivity contribution in [2.75, 3.05) is 0 Å². The van der Waals surface area contributed by atoms with Crippen molar-refractivity contribution in [3.05, 3.63) is 36.2 Å². The second-order valence-corrected chi connectivity index (χ2v) is 4.15. The van der Waals surface area contributed by atoms with Gasteiger partial charge >= 0.3 is 0 Å². The highest BCUT2D eigenvalue weighted by Crippen LogP contribution is 2.26. The van der Waals surface area contributed by atoms with E-state index in [1.807, 2.05) is 24.4 Å². The van der Waals surface area contributed by atoms with Gasteiger partial charge in [0.1, 0.15) is 0 Å². The second kappa shape index (κ2) is 2.80. The van der Waals surface area contributed by atoms with Crippen LogP contribution in [-0.4, -0.2) is 14.5 Å². The largest absolute Gasteiger partial charge is 0.392 e. The van der Waals surface area contributed by atoms with E-state index in [-0.39, 0.29) is 6.61 Å². The fraction of sp³-hybridized carbons (Fsp3) is 0.100. The van der Waals surface area contributed by atoms with Crippen LogP contribution in [0.1, 0.15) is 5.56 Å². The van der Waals surface area contributed by atoms with Crippen molar-refractivity contribution in [2.24, 2.45) is 0 Å². The Morgan fingerprint density at radius 1 is 1.43 bits per heavy atom. The van der Waals surface area contributed by atoms with Crippen LogP contribution in [0.15, 0.2) is 30.6 Å². The Morgan fingerprint density at radius 3 is 3.21 bits per heavy atom. The molecule has 0 spiro atoms.